The Labute approximate surface area is 154 Å². The molecule has 3 amide bonds. The Hall–Kier alpha value is -2.37. The maximum Gasteiger partial charge on any atom is 0.228 e. The molecule has 0 atom stereocenters. The molecule has 0 aromatic heterocycles. The molecule has 0 spiro atoms. The summed E-state index contributed by atoms with van der Waals surface area (Å²) < 4.78 is 0. The van der Waals surface area contributed by atoms with Crippen LogP contribution in [0, 0.1) is 5.41 Å². The van der Waals surface area contributed by atoms with Crippen molar-refractivity contribution in [3.63, 3.8) is 0 Å². The molecule has 3 rings (SSSR count). The fourth-order valence-corrected chi connectivity index (χ4v) is 3.52. The highest BCUT2D eigenvalue weighted by atomic mass is 16.2. The number of fused-ring (bicyclic) bond motifs is 1. The van der Waals surface area contributed by atoms with Gasteiger partial charge in [0.1, 0.15) is 0 Å². The molecule has 0 radical (unpaired) electrons. The summed E-state index contributed by atoms with van der Waals surface area (Å²) in [5, 5.41) is 2.81. The maximum atomic E-state index is 12.7. The summed E-state index contributed by atoms with van der Waals surface area (Å²) >= 11 is 0. The SMILES string of the molecule is CC(C)(C)C(=O)N1CCCN(C(=O)Cc2ccc3c(c2)CC(=O)N3)CC1. The second-order valence-corrected chi connectivity index (χ2v) is 8.17. The van der Waals surface area contributed by atoms with Crippen LogP contribution in [0.25, 0.3) is 0 Å². The second kappa shape index (κ2) is 7.09. The van der Waals surface area contributed by atoms with Crippen molar-refractivity contribution in [1.29, 1.82) is 0 Å². The van der Waals surface area contributed by atoms with Gasteiger partial charge in [-0.15, -0.1) is 0 Å². The number of nitrogens with zero attached hydrogens (tertiary/aromatic N) is 2. The van der Waals surface area contributed by atoms with Crippen LogP contribution in [-0.4, -0.2) is 53.7 Å². The van der Waals surface area contributed by atoms with E-state index in [9.17, 15) is 14.4 Å². The molecule has 1 N–H and O–H groups in total. The van der Waals surface area contributed by atoms with Gasteiger partial charge in [-0.2, -0.15) is 0 Å². The van der Waals surface area contributed by atoms with Gasteiger partial charge in [-0.25, -0.2) is 0 Å². The molecule has 0 aliphatic carbocycles. The van der Waals surface area contributed by atoms with Crippen LogP contribution in [0.2, 0.25) is 0 Å². The molecular formula is C20H27N3O3. The van der Waals surface area contributed by atoms with Gasteiger partial charge in [0.25, 0.3) is 0 Å². The normalized spacial score (nSPS) is 17.6. The summed E-state index contributed by atoms with van der Waals surface area (Å²) in [6, 6.07) is 5.71. The number of benzene rings is 1. The van der Waals surface area contributed by atoms with Gasteiger partial charge in [0.05, 0.1) is 12.8 Å². The molecule has 6 heteroatoms. The minimum atomic E-state index is -0.394. The van der Waals surface area contributed by atoms with E-state index in [-0.39, 0.29) is 17.7 Å². The number of anilines is 1. The van der Waals surface area contributed by atoms with Gasteiger partial charge in [-0.05, 0) is 23.6 Å². The predicted octanol–water partition coefficient (Wildman–Crippen LogP) is 1.83. The first-order valence-corrected chi connectivity index (χ1v) is 9.23. The molecule has 0 unspecified atom stereocenters. The van der Waals surface area contributed by atoms with Crippen LogP contribution in [0.15, 0.2) is 18.2 Å². The lowest BCUT2D eigenvalue weighted by atomic mass is 9.94. The molecule has 0 bridgehead atoms. The van der Waals surface area contributed by atoms with Gasteiger partial charge >= 0.3 is 0 Å². The van der Waals surface area contributed by atoms with Crippen LogP contribution in [0.5, 0.6) is 0 Å². The third-order valence-corrected chi connectivity index (χ3v) is 4.93. The van der Waals surface area contributed by atoms with Gasteiger partial charge in [0.2, 0.25) is 17.7 Å². The van der Waals surface area contributed by atoms with Crippen molar-refractivity contribution in [2.75, 3.05) is 31.5 Å². The minimum Gasteiger partial charge on any atom is -0.341 e. The maximum absolute atomic E-state index is 12.7. The van der Waals surface area contributed by atoms with E-state index in [0.29, 0.717) is 39.0 Å². The van der Waals surface area contributed by atoms with E-state index >= 15 is 0 Å². The molecule has 6 nitrogen and oxygen atoms in total. The van der Waals surface area contributed by atoms with E-state index in [4.69, 9.17) is 0 Å². The zero-order valence-corrected chi connectivity index (χ0v) is 15.8. The summed E-state index contributed by atoms with van der Waals surface area (Å²) in [6.45, 7) is 8.32. The molecule has 1 saturated heterocycles. The zero-order valence-electron chi connectivity index (χ0n) is 15.8. The highest BCUT2D eigenvalue weighted by Gasteiger charge is 2.29. The van der Waals surface area contributed by atoms with Crippen molar-refractivity contribution in [2.24, 2.45) is 5.41 Å². The fourth-order valence-electron chi connectivity index (χ4n) is 3.52. The quantitative estimate of drug-likeness (QED) is 0.878. The molecule has 140 valence electrons. The standard InChI is InChI=1S/C20H27N3O3/c1-20(2,3)19(26)23-8-4-7-22(9-10-23)18(25)12-14-5-6-16-15(11-14)13-17(24)21-16/h5-6,11H,4,7-10,12-13H2,1-3H3,(H,21,24). The van der Waals surface area contributed by atoms with Crippen molar-refractivity contribution in [1.82, 2.24) is 9.80 Å². The predicted molar refractivity (Wildman–Crippen MR) is 99.7 cm³/mol. The molecule has 1 fully saturated rings. The Balaban J connectivity index is 1.60. The molecule has 2 aliphatic heterocycles. The monoisotopic (exact) mass is 357 g/mol. The third-order valence-electron chi connectivity index (χ3n) is 4.93. The van der Waals surface area contributed by atoms with Gasteiger partial charge in [-0.1, -0.05) is 32.9 Å². The number of nitrogens with one attached hydrogen (secondary N) is 1. The Morgan fingerprint density at radius 3 is 2.50 bits per heavy atom. The highest BCUT2D eigenvalue weighted by Crippen LogP contribution is 2.24. The molecule has 1 aromatic carbocycles. The first kappa shape index (κ1) is 18.4. The van der Waals surface area contributed by atoms with E-state index < -0.39 is 5.41 Å². The lowest BCUT2D eigenvalue weighted by molar-refractivity contribution is -0.139. The van der Waals surface area contributed by atoms with Crippen LogP contribution in [0.3, 0.4) is 0 Å². The van der Waals surface area contributed by atoms with E-state index in [1.165, 1.54) is 0 Å². The third kappa shape index (κ3) is 4.06. The number of hydrogen-bond donors (Lipinski definition) is 1. The van der Waals surface area contributed by atoms with Crippen molar-refractivity contribution >= 4 is 23.4 Å². The zero-order chi connectivity index (χ0) is 18.9. The second-order valence-electron chi connectivity index (χ2n) is 8.17. The summed E-state index contributed by atoms with van der Waals surface area (Å²) in [5.41, 5.74) is 2.34. The lowest BCUT2D eigenvalue weighted by Gasteiger charge is -2.28. The number of rotatable bonds is 2. The van der Waals surface area contributed by atoms with E-state index in [0.717, 1.165) is 23.2 Å². The first-order chi connectivity index (χ1) is 12.2. The number of hydrogen-bond acceptors (Lipinski definition) is 3. The van der Waals surface area contributed by atoms with E-state index in [1.54, 1.807) is 0 Å². The van der Waals surface area contributed by atoms with Crippen LogP contribution in [-0.2, 0) is 27.2 Å². The average molecular weight is 357 g/mol. The van der Waals surface area contributed by atoms with Crippen LogP contribution < -0.4 is 5.32 Å². The topological polar surface area (TPSA) is 69.7 Å². The van der Waals surface area contributed by atoms with Crippen LogP contribution in [0.4, 0.5) is 5.69 Å². The Bertz CT molecular complexity index is 736. The Morgan fingerprint density at radius 1 is 1.08 bits per heavy atom. The summed E-state index contributed by atoms with van der Waals surface area (Å²) in [7, 11) is 0. The minimum absolute atomic E-state index is 0.000369. The van der Waals surface area contributed by atoms with Gasteiger partial charge in [0, 0.05) is 37.3 Å². The van der Waals surface area contributed by atoms with Gasteiger partial charge < -0.3 is 15.1 Å². The summed E-state index contributed by atoms with van der Waals surface area (Å²) in [6.07, 6.45) is 1.51. The number of amides is 3. The molecule has 26 heavy (non-hydrogen) atoms. The molecule has 0 saturated carbocycles. The first-order valence-electron chi connectivity index (χ1n) is 9.23. The van der Waals surface area contributed by atoms with Crippen LogP contribution in [0.1, 0.15) is 38.3 Å². The molecular weight excluding hydrogens is 330 g/mol. The van der Waals surface area contributed by atoms with E-state index in [1.807, 2.05) is 48.8 Å². The highest BCUT2D eigenvalue weighted by molar-refractivity contribution is 5.99. The van der Waals surface area contributed by atoms with Crippen molar-refractivity contribution in [3.05, 3.63) is 29.3 Å². The van der Waals surface area contributed by atoms with Gasteiger partial charge in [0.15, 0.2) is 0 Å². The Kier molecular flexibility index (Phi) is 5.03. The Morgan fingerprint density at radius 2 is 1.77 bits per heavy atom. The summed E-state index contributed by atoms with van der Waals surface area (Å²) in [4.78, 5) is 40.3. The fraction of sp³-hybridized carbons (Fsp3) is 0.550. The molecule has 1 aromatic rings. The number of carbonyl (C=O) groups excluding carboxylic acids is 3. The molecule has 2 heterocycles. The van der Waals surface area contributed by atoms with Gasteiger partial charge in [-0.3, -0.25) is 14.4 Å². The van der Waals surface area contributed by atoms with Crippen molar-refractivity contribution < 1.29 is 14.4 Å². The lowest BCUT2D eigenvalue weighted by Crippen LogP contribution is -2.42. The largest absolute Gasteiger partial charge is 0.341 e. The van der Waals surface area contributed by atoms with Crippen LogP contribution >= 0.6 is 0 Å². The van der Waals surface area contributed by atoms with E-state index in [2.05, 4.69) is 5.32 Å². The summed E-state index contributed by atoms with van der Waals surface area (Å²) in [5.74, 6) is 0.217. The number of carbonyl (C=O) groups is 3. The molecule has 2 aliphatic rings. The van der Waals surface area contributed by atoms with Crippen molar-refractivity contribution in [2.45, 2.75) is 40.0 Å². The smallest absolute Gasteiger partial charge is 0.228 e. The average Bonchev–Trinajstić information content (AvgIpc) is 2.78. The van der Waals surface area contributed by atoms with Crippen molar-refractivity contribution in [3.8, 4) is 0 Å².